The van der Waals surface area contributed by atoms with Crippen LogP contribution in [0.1, 0.15) is 16.8 Å². The smallest absolute Gasteiger partial charge is 0.203 e. The van der Waals surface area contributed by atoms with Crippen molar-refractivity contribution < 1.29 is 0 Å². The highest BCUT2D eigenvalue weighted by Gasteiger charge is 2.03. The number of allylic oxidation sites excluding steroid dienone is 1. The SMILES string of the molecule is C=CCn1cc(C)nc1NCc1ccc(C)cc1. The summed E-state index contributed by atoms with van der Waals surface area (Å²) < 4.78 is 2.07. The molecule has 1 aromatic heterocycles. The maximum Gasteiger partial charge on any atom is 0.203 e. The van der Waals surface area contributed by atoms with E-state index >= 15 is 0 Å². The number of aromatic nitrogens is 2. The predicted molar refractivity (Wildman–Crippen MR) is 75.7 cm³/mol. The molecule has 0 spiro atoms. The lowest BCUT2D eigenvalue weighted by Gasteiger charge is -2.08. The molecule has 1 heterocycles. The first-order chi connectivity index (χ1) is 8.69. The van der Waals surface area contributed by atoms with Gasteiger partial charge in [0.05, 0.1) is 5.69 Å². The average Bonchev–Trinajstić information content (AvgIpc) is 2.70. The highest BCUT2D eigenvalue weighted by atomic mass is 15.2. The summed E-state index contributed by atoms with van der Waals surface area (Å²) in [4.78, 5) is 4.47. The number of imidazole rings is 1. The van der Waals surface area contributed by atoms with Crippen molar-refractivity contribution in [3.8, 4) is 0 Å². The van der Waals surface area contributed by atoms with E-state index in [9.17, 15) is 0 Å². The zero-order valence-corrected chi connectivity index (χ0v) is 11.0. The molecule has 0 radical (unpaired) electrons. The average molecular weight is 241 g/mol. The van der Waals surface area contributed by atoms with E-state index in [0.717, 1.165) is 24.7 Å². The molecule has 0 aliphatic rings. The van der Waals surface area contributed by atoms with Crippen molar-refractivity contribution in [2.24, 2.45) is 0 Å². The predicted octanol–water partition coefficient (Wildman–Crippen LogP) is 3.30. The maximum atomic E-state index is 4.47. The Hall–Kier alpha value is -2.03. The van der Waals surface area contributed by atoms with E-state index in [4.69, 9.17) is 0 Å². The lowest BCUT2D eigenvalue weighted by atomic mass is 10.1. The van der Waals surface area contributed by atoms with Gasteiger partial charge < -0.3 is 9.88 Å². The molecule has 0 atom stereocenters. The molecule has 0 aliphatic carbocycles. The highest BCUT2D eigenvalue weighted by Crippen LogP contribution is 2.11. The molecule has 0 saturated heterocycles. The molecular weight excluding hydrogens is 222 g/mol. The Morgan fingerprint density at radius 1 is 1.28 bits per heavy atom. The van der Waals surface area contributed by atoms with Gasteiger partial charge in [0.25, 0.3) is 0 Å². The summed E-state index contributed by atoms with van der Waals surface area (Å²) in [6.07, 6.45) is 3.90. The largest absolute Gasteiger partial charge is 0.352 e. The van der Waals surface area contributed by atoms with Crippen molar-refractivity contribution in [2.45, 2.75) is 26.9 Å². The van der Waals surface area contributed by atoms with Crippen LogP contribution >= 0.6 is 0 Å². The zero-order valence-electron chi connectivity index (χ0n) is 11.0. The van der Waals surface area contributed by atoms with E-state index in [1.165, 1.54) is 11.1 Å². The Morgan fingerprint density at radius 2 is 2.00 bits per heavy atom. The molecule has 0 amide bonds. The number of hydrogen-bond acceptors (Lipinski definition) is 2. The van der Waals surface area contributed by atoms with Gasteiger partial charge in [-0.05, 0) is 19.4 Å². The fraction of sp³-hybridized carbons (Fsp3) is 0.267. The van der Waals surface area contributed by atoms with Crippen molar-refractivity contribution >= 4 is 5.95 Å². The molecule has 0 unspecified atom stereocenters. The number of nitrogens with one attached hydrogen (secondary N) is 1. The van der Waals surface area contributed by atoms with Crippen LogP contribution in [0, 0.1) is 13.8 Å². The normalized spacial score (nSPS) is 10.3. The minimum Gasteiger partial charge on any atom is -0.352 e. The van der Waals surface area contributed by atoms with Crippen LogP contribution in [-0.4, -0.2) is 9.55 Å². The van der Waals surface area contributed by atoms with Crippen LogP contribution in [0.15, 0.2) is 43.1 Å². The van der Waals surface area contributed by atoms with E-state index < -0.39 is 0 Å². The number of benzene rings is 1. The fourth-order valence-corrected chi connectivity index (χ4v) is 1.85. The molecule has 1 aromatic carbocycles. The minimum atomic E-state index is 0.775. The van der Waals surface area contributed by atoms with Gasteiger partial charge in [0.15, 0.2) is 0 Å². The molecule has 2 aromatic rings. The second-order valence-corrected chi connectivity index (χ2v) is 4.49. The second kappa shape index (κ2) is 5.54. The Morgan fingerprint density at radius 3 is 2.67 bits per heavy atom. The topological polar surface area (TPSA) is 29.9 Å². The second-order valence-electron chi connectivity index (χ2n) is 4.49. The van der Waals surface area contributed by atoms with E-state index in [2.05, 4.69) is 52.6 Å². The first-order valence-electron chi connectivity index (χ1n) is 6.13. The van der Waals surface area contributed by atoms with Gasteiger partial charge in [-0.15, -0.1) is 6.58 Å². The van der Waals surface area contributed by atoms with Gasteiger partial charge in [-0.3, -0.25) is 0 Å². The number of anilines is 1. The quantitative estimate of drug-likeness (QED) is 0.814. The summed E-state index contributed by atoms with van der Waals surface area (Å²) in [5.74, 6) is 0.896. The van der Waals surface area contributed by atoms with Gasteiger partial charge in [-0.2, -0.15) is 0 Å². The molecule has 18 heavy (non-hydrogen) atoms. The molecule has 0 saturated carbocycles. The summed E-state index contributed by atoms with van der Waals surface area (Å²) in [6, 6.07) is 8.52. The van der Waals surface area contributed by atoms with Gasteiger partial charge in [0.2, 0.25) is 5.95 Å². The van der Waals surface area contributed by atoms with Crippen LogP contribution in [-0.2, 0) is 13.1 Å². The van der Waals surface area contributed by atoms with Gasteiger partial charge >= 0.3 is 0 Å². The van der Waals surface area contributed by atoms with Crippen molar-refractivity contribution in [2.75, 3.05) is 5.32 Å². The summed E-state index contributed by atoms with van der Waals surface area (Å²) in [7, 11) is 0. The highest BCUT2D eigenvalue weighted by molar-refractivity contribution is 5.32. The fourth-order valence-electron chi connectivity index (χ4n) is 1.85. The summed E-state index contributed by atoms with van der Waals surface area (Å²) in [5, 5.41) is 3.36. The van der Waals surface area contributed by atoms with E-state index in [-0.39, 0.29) is 0 Å². The Labute approximate surface area is 108 Å². The molecule has 0 aliphatic heterocycles. The summed E-state index contributed by atoms with van der Waals surface area (Å²) in [5.41, 5.74) is 3.55. The van der Waals surface area contributed by atoms with Crippen LogP contribution in [0.3, 0.4) is 0 Å². The Kier molecular flexibility index (Phi) is 3.82. The zero-order chi connectivity index (χ0) is 13.0. The van der Waals surface area contributed by atoms with E-state index in [0.29, 0.717) is 0 Å². The van der Waals surface area contributed by atoms with Crippen molar-refractivity contribution in [3.05, 3.63) is 59.9 Å². The van der Waals surface area contributed by atoms with Crippen LogP contribution in [0.2, 0.25) is 0 Å². The lowest BCUT2D eigenvalue weighted by Crippen LogP contribution is -2.06. The number of nitrogens with zero attached hydrogens (tertiary/aromatic N) is 2. The molecule has 3 heteroatoms. The van der Waals surface area contributed by atoms with Crippen LogP contribution in [0.5, 0.6) is 0 Å². The molecule has 2 rings (SSSR count). The third-order valence-electron chi connectivity index (χ3n) is 2.79. The minimum absolute atomic E-state index is 0.775. The van der Waals surface area contributed by atoms with Crippen LogP contribution in [0.25, 0.3) is 0 Å². The van der Waals surface area contributed by atoms with E-state index in [1.54, 1.807) is 0 Å². The maximum absolute atomic E-state index is 4.47. The molecule has 0 fully saturated rings. The van der Waals surface area contributed by atoms with Gasteiger partial charge in [0.1, 0.15) is 0 Å². The first kappa shape index (κ1) is 12.4. The van der Waals surface area contributed by atoms with Crippen molar-refractivity contribution in [1.82, 2.24) is 9.55 Å². The number of hydrogen-bond donors (Lipinski definition) is 1. The van der Waals surface area contributed by atoms with E-state index in [1.807, 2.05) is 19.2 Å². The lowest BCUT2D eigenvalue weighted by molar-refractivity contribution is 0.819. The monoisotopic (exact) mass is 241 g/mol. The molecule has 0 bridgehead atoms. The van der Waals surface area contributed by atoms with Crippen molar-refractivity contribution in [1.29, 1.82) is 0 Å². The Balaban J connectivity index is 2.05. The molecule has 3 nitrogen and oxygen atoms in total. The molecule has 94 valence electrons. The van der Waals surface area contributed by atoms with Crippen LogP contribution in [0.4, 0.5) is 5.95 Å². The Bertz CT molecular complexity index is 523. The van der Waals surface area contributed by atoms with Crippen molar-refractivity contribution in [3.63, 3.8) is 0 Å². The number of rotatable bonds is 5. The number of aryl methyl sites for hydroxylation is 2. The standard InChI is InChI=1S/C15H19N3/c1-4-9-18-11-13(3)17-15(18)16-10-14-7-5-12(2)6-8-14/h4-8,11H,1,9-10H2,2-3H3,(H,16,17). The molecular formula is C15H19N3. The third kappa shape index (κ3) is 3.00. The van der Waals surface area contributed by atoms with Crippen LogP contribution < -0.4 is 5.32 Å². The van der Waals surface area contributed by atoms with Gasteiger partial charge in [-0.1, -0.05) is 35.9 Å². The summed E-state index contributed by atoms with van der Waals surface area (Å²) in [6.45, 7) is 9.41. The van der Waals surface area contributed by atoms with Gasteiger partial charge in [0, 0.05) is 19.3 Å². The first-order valence-corrected chi connectivity index (χ1v) is 6.13. The molecule has 1 N–H and O–H groups in total. The van der Waals surface area contributed by atoms with Gasteiger partial charge in [-0.25, -0.2) is 4.98 Å². The third-order valence-corrected chi connectivity index (χ3v) is 2.79. The summed E-state index contributed by atoms with van der Waals surface area (Å²) >= 11 is 0.